The molecule has 0 bridgehead atoms. The highest BCUT2D eigenvalue weighted by Gasteiger charge is 2.27. The molecule has 136 valence electrons. The molecule has 1 aliphatic heterocycles. The Morgan fingerprint density at radius 1 is 1.27 bits per heavy atom. The largest absolute Gasteiger partial charge is 0.481 e. The Morgan fingerprint density at radius 2 is 1.96 bits per heavy atom. The standard InChI is InChI=1S/C17H15ClN2O5S/c18-15-6-3-11(14-9-25-20-16(14)8-17(21)22)7-13(15)10-1-4-12(5-2-10)26(19,23)24/h1-7,14H,8-9H2,(H,21,22)(H2,19,23,24). The van der Waals surface area contributed by atoms with Crippen LogP contribution in [0.4, 0.5) is 0 Å². The van der Waals surface area contributed by atoms with Crippen molar-refractivity contribution in [2.45, 2.75) is 17.2 Å². The van der Waals surface area contributed by atoms with Crippen molar-refractivity contribution < 1.29 is 23.2 Å². The van der Waals surface area contributed by atoms with Crippen molar-refractivity contribution in [2.75, 3.05) is 6.61 Å². The molecule has 0 saturated carbocycles. The van der Waals surface area contributed by atoms with Gasteiger partial charge in [-0.2, -0.15) is 0 Å². The zero-order chi connectivity index (χ0) is 18.9. The molecule has 1 aliphatic rings. The van der Waals surface area contributed by atoms with Crippen LogP contribution in [0.5, 0.6) is 0 Å². The van der Waals surface area contributed by atoms with Gasteiger partial charge in [-0.05, 0) is 35.4 Å². The van der Waals surface area contributed by atoms with Crippen molar-refractivity contribution >= 4 is 33.3 Å². The van der Waals surface area contributed by atoms with Gasteiger partial charge in [0.05, 0.1) is 22.9 Å². The molecule has 1 atom stereocenters. The minimum absolute atomic E-state index is 0.00796. The zero-order valence-electron chi connectivity index (χ0n) is 13.4. The minimum atomic E-state index is -3.77. The lowest BCUT2D eigenvalue weighted by Crippen LogP contribution is -2.15. The van der Waals surface area contributed by atoms with Crippen LogP contribution in [0.25, 0.3) is 11.1 Å². The Morgan fingerprint density at radius 3 is 2.58 bits per heavy atom. The molecule has 0 radical (unpaired) electrons. The van der Waals surface area contributed by atoms with Gasteiger partial charge in [-0.15, -0.1) is 0 Å². The van der Waals surface area contributed by atoms with E-state index in [1.165, 1.54) is 12.1 Å². The van der Waals surface area contributed by atoms with Crippen molar-refractivity contribution in [1.29, 1.82) is 0 Å². The Balaban J connectivity index is 1.96. The molecule has 0 fully saturated rings. The smallest absolute Gasteiger partial charge is 0.309 e. The van der Waals surface area contributed by atoms with E-state index in [0.717, 1.165) is 5.56 Å². The summed E-state index contributed by atoms with van der Waals surface area (Å²) in [5.41, 5.74) is 2.65. The van der Waals surface area contributed by atoms with Crippen LogP contribution in [0.15, 0.2) is 52.5 Å². The molecule has 0 aromatic heterocycles. The van der Waals surface area contributed by atoms with Gasteiger partial charge in [0.1, 0.15) is 6.61 Å². The summed E-state index contributed by atoms with van der Waals surface area (Å²) in [6, 6.07) is 11.4. The summed E-state index contributed by atoms with van der Waals surface area (Å²) in [7, 11) is -3.77. The number of oxime groups is 1. The molecule has 0 saturated heterocycles. The number of aliphatic carboxylic acids is 1. The van der Waals surface area contributed by atoms with Crippen molar-refractivity contribution in [3.63, 3.8) is 0 Å². The van der Waals surface area contributed by atoms with E-state index in [4.69, 9.17) is 26.7 Å². The molecule has 3 rings (SSSR count). The molecule has 7 nitrogen and oxygen atoms in total. The summed E-state index contributed by atoms with van der Waals surface area (Å²) in [5.74, 6) is -1.25. The number of carboxylic acid groups (broad SMARTS) is 1. The van der Waals surface area contributed by atoms with Gasteiger partial charge in [-0.25, -0.2) is 13.6 Å². The Bertz CT molecular complexity index is 987. The number of carboxylic acids is 1. The number of primary sulfonamides is 1. The normalized spacial score (nSPS) is 16.8. The molecular weight excluding hydrogens is 380 g/mol. The average Bonchev–Trinajstić information content (AvgIpc) is 3.02. The lowest BCUT2D eigenvalue weighted by molar-refractivity contribution is -0.135. The van der Waals surface area contributed by atoms with E-state index in [1.54, 1.807) is 24.3 Å². The summed E-state index contributed by atoms with van der Waals surface area (Å²) in [5, 5.41) is 18.4. The first-order valence-corrected chi connectivity index (χ1v) is 9.51. The fraction of sp³-hybridized carbons (Fsp3) is 0.176. The molecule has 26 heavy (non-hydrogen) atoms. The van der Waals surface area contributed by atoms with Crippen LogP contribution >= 0.6 is 11.6 Å². The number of halogens is 1. The van der Waals surface area contributed by atoms with Gasteiger partial charge in [0.15, 0.2) is 0 Å². The number of sulfonamides is 1. The van der Waals surface area contributed by atoms with E-state index >= 15 is 0 Å². The van der Waals surface area contributed by atoms with E-state index < -0.39 is 16.0 Å². The lowest BCUT2D eigenvalue weighted by atomic mass is 9.91. The van der Waals surface area contributed by atoms with Gasteiger partial charge in [0.2, 0.25) is 10.0 Å². The highest BCUT2D eigenvalue weighted by Crippen LogP contribution is 2.34. The number of benzene rings is 2. The molecule has 0 spiro atoms. The van der Waals surface area contributed by atoms with Crippen molar-refractivity contribution in [3.8, 4) is 11.1 Å². The van der Waals surface area contributed by atoms with Gasteiger partial charge in [-0.3, -0.25) is 4.79 Å². The lowest BCUT2D eigenvalue weighted by Gasteiger charge is -2.13. The third-order valence-corrected chi connectivity index (χ3v) is 5.30. The van der Waals surface area contributed by atoms with Crippen LogP contribution in [0.1, 0.15) is 17.9 Å². The predicted molar refractivity (Wildman–Crippen MR) is 96.6 cm³/mol. The maximum Gasteiger partial charge on any atom is 0.309 e. The number of nitrogens with zero attached hydrogens (tertiary/aromatic N) is 1. The summed E-state index contributed by atoms with van der Waals surface area (Å²) < 4.78 is 22.8. The number of hydrogen-bond donors (Lipinski definition) is 2. The van der Waals surface area contributed by atoms with Crippen LogP contribution < -0.4 is 5.14 Å². The summed E-state index contributed by atoms with van der Waals surface area (Å²) in [4.78, 5) is 16.0. The second-order valence-corrected chi connectivity index (χ2v) is 7.78. The SMILES string of the molecule is NS(=O)(=O)c1ccc(-c2cc(C3CON=C3CC(=O)O)ccc2Cl)cc1. The van der Waals surface area contributed by atoms with Gasteiger partial charge >= 0.3 is 5.97 Å². The highest BCUT2D eigenvalue weighted by molar-refractivity contribution is 7.89. The molecule has 1 heterocycles. The first kappa shape index (κ1) is 18.4. The van der Waals surface area contributed by atoms with E-state index in [0.29, 0.717) is 21.9 Å². The van der Waals surface area contributed by atoms with Crippen LogP contribution in [-0.2, 0) is 19.7 Å². The Kier molecular flexibility index (Phi) is 4.99. The topological polar surface area (TPSA) is 119 Å². The third kappa shape index (κ3) is 3.87. The molecular formula is C17H15ClN2O5S. The number of hydrogen-bond acceptors (Lipinski definition) is 5. The van der Waals surface area contributed by atoms with Crippen LogP contribution in [-0.4, -0.2) is 31.8 Å². The number of nitrogens with two attached hydrogens (primary N) is 1. The van der Waals surface area contributed by atoms with E-state index in [2.05, 4.69) is 5.16 Å². The fourth-order valence-corrected chi connectivity index (χ4v) is 3.50. The van der Waals surface area contributed by atoms with Gasteiger partial charge < -0.3 is 9.94 Å². The maximum absolute atomic E-state index is 11.4. The first-order valence-electron chi connectivity index (χ1n) is 7.59. The average molecular weight is 395 g/mol. The van der Waals surface area contributed by atoms with Crippen LogP contribution in [0.2, 0.25) is 5.02 Å². The summed E-state index contributed by atoms with van der Waals surface area (Å²) >= 11 is 6.29. The number of carbonyl (C=O) groups is 1. The summed E-state index contributed by atoms with van der Waals surface area (Å²) in [6.45, 7) is 0.258. The molecule has 0 aliphatic carbocycles. The minimum Gasteiger partial charge on any atom is -0.481 e. The Hall–Kier alpha value is -2.42. The van der Waals surface area contributed by atoms with Gasteiger partial charge in [0.25, 0.3) is 0 Å². The van der Waals surface area contributed by atoms with Crippen molar-refractivity contribution in [2.24, 2.45) is 10.3 Å². The van der Waals surface area contributed by atoms with E-state index in [9.17, 15) is 13.2 Å². The predicted octanol–water partition coefficient (Wildman–Crippen LogP) is 2.60. The van der Waals surface area contributed by atoms with Crippen LogP contribution in [0, 0.1) is 0 Å². The molecule has 0 amide bonds. The second-order valence-electron chi connectivity index (χ2n) is 5.81. The zero-order valence-corrected chi connectivity index (χ0v) is 15.0. The maximum atomic E-state index is 11.4. The van der Waals surface area contributed by atoms with E-state index in [1.807, 2.05) is 6.07 Å². The first-order chi connectivity index (χ1) is 12.3. The molecule has 3 N–H and O–H groups in total. The van der Waals surface area contributed by atoms with Gasteiger partial charge in [0, 0.05) is 10.6 Å². The second kappa shape index (κ2) is 7.06. The molecule has 2 aromatic rings. The fourth-order valence-electron chi connectivity index (χ4n) is 2.76. The van der Waals surface area contributed by atoms with E-state index in [-0.39, 0.29) is 23.8 Å². The monoisotopic (exact) mass is 394 g/mol. The molecule has 1 unspecified atom stereocenters. The van der Waals surface area contributed by atoms with Crippen molar-refractivity contribution in [3.05, 3.63) is 53.1 Å². The quantitative estimate of drug-likeness (QED) is 0.807. The van der Waals surface area contributed by atoms with Gasteiger partial charge in [-0.1, -0.05) is 35.0 Å². The van der Waals surface area contributed by atoms with Crippen molar-refractivity contribution in [1.82, 2.24) is 0 Å². The molecule has 9 heteroatoms. The Labute approximate surface area is 155 Å². The summed E-state index contributed by atoms with van der Waals surface area (Å²) in [6.07, 6.45) is -0.203. The molecule has 2 aromatic carbocycles. The third-order valence-electron chi connectivity index (χ3n) is 4.04. The van der Waals surface area contributed by atoms with Crippen LogP contribution in [0.3, 0.4) is 0 Å². The highest BCUT2D eigenvalue weighted by atomic mass is 35.5. The number of rotatable bonds is 5.